The lowest BCUT2D eigenvalue weighted by atomic mass is 10.1. The molecule has 134 valence electrons. The molecule has 0 aliphatic carbocycles. The molecule has 0 radical (unpaired) electrons. The van der Waals surface area contributed by atoms with Gasteiger partial charge in [0.2, 0.25) is 0 Å². The summed E-state index contributed by atoms with van der Waals surface area (Å²) in [7, 11) is 0. The minimum absolute atomic E-state index is 0.0686. The maximum absolute atomic E-state index is 12.7. The van der Waals surface area contributed by atoms with Crippen LogP contribution in [0.1, 0.15) is 32.7 Å². The van der Waals surface area contributed by atoms with Crippen molar-refractivity contribution in [2.75, 3.05) is 11.9 Å². The highest BCUT2D eigenvalue weighted by molar-refractivity contribution is 7.16. The number of rotatable bonds is 6. The van der Waals surface area contributed by atoms with Gasteiger partial charge in [-0.05, 0) is 55.5 Å². The zero-order chi connectivity index (χ0) is 18.5. The summed E-state index contributed by atoms with van der Waals surface area (Å²) in [5.74, 6) is -0.170. The molecule has 0 spiro atoms. The monoisotopic (exact) mass is 388 g/mol. The summed E-state index contributed by atoms with van der Waals surface area (Å²) in [4.78, 5) is 27.4. The Morgan fingerprint density at radius 2 is 1.92 bits per heavy atom. The van der Waals surface area contributed by atoms with Gasteiger partial charge in [0.05, 0.1) is 17.1 Å². The Morgan fingerprint density at radius 3 is 2.50 bits per heavy atom. The molecule has 2 heterocycles. The highest BCUT2D eigenvalue weighted by atomic mass is 35.5. The quantitative estimate of drug-likeness (QED) is 0.652. The van der Waals surface area contributed by atoms with Crippen LogP contribution in [-0.2, 0) is 6.54 Å². The van der Waals surface area contributed by atoms with Crippen molar-refractivity contribution >= 4 is 40.4 Å². The number of thiophene rings is 1. The number of hydrogen-bond acceptors (Lipinski definition) is 4. The van der Waals surface area contributed by atoms with Crippen molar-refractivity contribution in [3.8, 4) is 0 Å². The van der Waals surface area contributed by atoms with Crippen LogP contribution in [0.15, 0.2) is 59.2 Å². The fourth-order valence-electron chi connectivity index (χ4n) is 2.43. The number of carbonyl (C=O) groups excluding carboxylic acids is 2. The zero-order valence-corrected chi connectivity index (χ0v) is 15.6. The molecule has 0 bridgehead atoms. The lowest BCUT2D eigenvalue weighted by Gasteiger charge is -2.20. The van der Waals surface area contributed by atoms with E-state index in [1.165, 1.54) is 17.6 Å². The lowest BCUT2D eigenvalue weighted by molar-refractivity contribution is 0.0754. The van der Waals surface area contributed by atoms with Gasteiger partial charge in [-0.25, -0.2) is 0 Å². The van der Waals surface area contributed by atoms with Gasteiger partial charge in [0.25, 0.3) is 11.8 Å². The molecular formula is C19H17ClN2O3S. The van der Waals surface area contributed by atoms with Crippen molar-refractivity contribution < 1.29 is 14.0 Å². The van der Waals surface area contributed by atoms with Crippen LogP contribution >= 0.6 is 22.9 Å². The molecule has 0 fully saturated rings. The SMILES string of the molecule is CCN(Cc1ccc(Cl)s1)C(=O)c1ccc(NC(=O)c2ccco2)cc1. The van der Waals surface area contributed by atoms with E-state index in [4.69, 9.17) is 16.0 Å². The number of halogens is 1. The van der Waals surface area contributed by atoms with Crippen LogP contribution in [-0.4, -0.2) is 23.3 Å². The van der Waals surface area contributed by atoms with Crippen molar-refractivity contribution in [1.82, 2.24) is 4.90 Å². The first-order chi connectivity index (χ1) is 12.6. The van der Waals surface area contributed by atoms with Gasteiger partial charge >= 0.3 is 0 Å². The number of nitrogens with one attached hydrogen (secondary N) is 1. The average molecular weight is 389 g/mol. The molecule has 2 aromatic heterocycles. The van der Waals surface area contributed by atoms with E-state index in [-0.39, 0.29) is 17.6 Å². The van der Waals surface area contributed by atoms with Crippen molar-refractivity contribution in [3.63, 3.8) is 0 Å². The molecule has 0 aliphatic heterocycles. The van der Waals surface area contributed by atoms with Gasteiger partial charge in [-0.2, -0.15) is 0 Å². The van der Waals surface area contributed by atoms with E-state index >= 15 is 0 Å². The molecule has 1 aromatic carbocycles. The number of carbonyl (C=O) groups is 2. The van der Waals surface area contributed by atoms with Gasteiger partial charge < -0.3 is 14.6 Å². The van der Waals surface area contributed by atoms with Crippen LogP contribution in [0.2, 0.25) is 4.34 Å². The summed E-state index contributed by atoms with van der Waals surface area (Å²) >= 11 is 7.42. The van der Waals surface area contributed by atoms with E-state index in [1.807, 2.05) is 19.1 Å². The summed E-state index contributed by atoms with van der Waals surface area (Å²) in [6.07, 6.45) is 1.44. The molecule has 0 atom stereocenters. The second-order valence-electron chi connectivity index (χ2n) is 5.53. The highest BCUT2D eigenvalue weighted by Crippen LogP contribution is 2.23. The number of hydrogen-bond donors (Lipinski definition) is 1. The van der Waals surface area contributed by atoms with E-state index < -0.39 is 0 Å². The van der Waals surface area contributed by atoms with Crippen LogP contribution in [0, 0.1) is 0 Å². The van der Waals surface area contributed by atoms with Crippen molar-refractivity contribution in [2.24, 2.45) is 0 Å². The maximum Gasteiger partial charge on any atom is 0.291 e. The predicted molar refractivity (Wildman–Crippen MR) is 103 cm³/mol. The Hall–Kier alpha value is -2.57. The molecule has 2 amide bonds. The van der Waals surface area contributed by atoms with E-state index in [0.717, 1.165) is 4.88 Å². The number of nitrogens with zero attached hydrogens (tertiary/aromatic N) is 1. The third kappa shape index (κ3) is 4.33. The van der Waals surface area contributed by atoms with E-state index in [2.05, 4.69) is 5.32 Å². The molecule has 0 aliphatic rings. The molecule has 1 N–H and O–H groups in total. The minimum atomic E-state index is -0.334. The van der Waals surface area contributed by atoms with E-state index in [0.29, 0.717) is 28.7 Å². The maximum atomic E-state index is 12.7. The third-order valence-corrected chi connectivity index (χ3v) is 5.00. The van der Waals surface area contributed by atoms with Crippen LogP contribution < -0.4 is 5.32 Å². The van der Waals surface area contributed by atoms with E-state index in [1.54, 1.807) is 41.3 Å². The first-order valence-corrected chi connectivity index (χ1v) is 9.24. The van der Waals surface area contributed by atoms with Gasteiger partial charge in [-0.3, -0.25) is 9.59 Å². The largest absolute Gasteiger partial charge is 0.459 e. The van der Waals surface area contributed by atoms with Crippen LogP contribution in [0.3, 0.4) is 0 Å². The highest BCUT2D eigenvalue weighted by Gasteiger charge is 2.16. The molecular weight excluding hydrogens is 372 g/mol. The smallest absolute Gasteiger partial charge is 0.291 e. The summed E-state index contributed by atoms with van der Waals surface area (Å²) < 4.78 is 5.76. The second-order valence-corrected chi connectivity index (χ2v) is 7.33. The van der Waals surface area contributed by atoms with Gasteiger partial charge in [0.15, 0.2) is 5.76 Å². The van der Waals surface area contributed by atoms with Crippen LogP contribution in [0.5, 0.6) is 0 Å². The van der Waals surface area contributed by atoms with Crippen molar-refractivity contribution in [3.05, 3.63) is 75.3 Å². The predicted octanol–water partition coefficient (Wildman–Crippen LogP) is 4.91. The van der Waals surface area contributed by atoms with Crippen LogP contribution in [0.25, 0.3) is 0 Å². The zero-order valence-electron chi connectivity index (χ0n) is 14.1. The van der Waals surface area contributed by atoms with Gasteiger partial charge in [-0.1, -0.05) is 11.6 Å². The van der Waals surface area contributed by atoms with Crippen molar-refractivity contribution in [2.45, 2.75) is 13.5 Å². The van der Waals surface area contributed by atoms with Gasteiger partial charge in [0, 0.05) is 22.7 Å². The Labute approximate surface area is 160 Å². The molecule has 0 unspecified atom stereocenters. The molecule has 5 nitrogen and oxygen atoms in total. The number of amides is 2. The van der Waals surface area contributed by atoms with Crippen molar-refractivity contribution in [1.29, 1.82) is 0 Å². The van der Waals surface area contributed by atoms with E-state index in [9.17, 15) is 9.59 Å². The minimum Gasteiger partial charge on any atom is -0.459 e. The topological polar surface area (TPSA) is 62.6 Å². The summed E-state index contributed by atoms with van der Waals surface area (Å²) in [6.45, 7) is 3.04. The second kappa shape index (κ2) is 8.21. The first kappa shape index (κ1) is 18.2. The summed E-state index contributed by atoms with van der Waals surface area (Å²) in [6, 6.07) is 13.8. The Balaban J connectivity index is 1.66. The molecule has 7 heteroatoms. The molecule has 3 aromatic rings. The lowest BCUT2D eigenvalue weighted by Crippen LogP contribution is -2.29. The molecule has 26 heavy (non-hydrogen) atoms. The third-order valence-electron chi connectivity index (χ3n) is 3.78. The average Bonchev–Trinajstić information content (AvgIpc) is 3.31. The number of benzene rings is 1. The summed E-state index contributed by atoms with van der Waals surface area (Å²) in [5.41, 5.74) is 1.15. The van der Waals surface area contributed by atoms with Gasteiger partial charge in [0.1, 0.15) is 0 Å². The first-order valence-electron chi connectivity index (χ1n) is 8.05. The summed E-state index contributed by atoms with van der Waals surface area (Å²) in [5, 5.41) is 2.73. The number of furan rings is 1. The standard InChI is InChI=1S/C19H17ClN2O3S/c1-2-22(12-15-9-10-17(20)26-15)19(24)13-5-7-14(8-6-13)21-18(23)16-4-3-11-25-16/h3-11H,2,12H2,1H3,(H,21,23). The molecule has 0 saturated heterocycles. The van der Waals surface area contributed by atoms with Crippen LogP contribution in [0.4, 0.5) is 5.69 Å². The normalized spacial score (nSPS) is 10.5. The molecule has 0 saturated carbocycles. The molecule has 3 rings (SSSR count). The Morgan fingerprint density at radius 1 is 1.15 bits per heavy atom. The number of anilines is 1. The fraction of sp³-hybridized carbons (Fsp3) is 0.158. The Bertz CT molecular complexity index is 888. The van der Waals surface area contributed by atoms with Gasteiger partial charge in [-0.15, -0.1) is 11.3 Å². The Kier molecular flexibility index (Phi) is 5.75. The fourth-order valence-corrected chi connectivity index (χ4v) is 3.53.